The minimum Gasteiger partial charge on any atom is -0.205 e. The number of nitrogens with zero attached hydrogens (tertiary/aromatic N) is 1. The van der Waals surface area contributed by atoms with Crippen LogP contribution in [0.2, 0.25) is 5.02 Å². The summed E-state index contributed by atoms with van der Waals surface area (Å²) in [5.74, 6) is -0.507. The molecular formula is C13H7ClFN. The molecule has 0 aromatic heterocycles. The first-order valence-electron chi connectivity index (χ1n) is 4.67. The molecule has 0 atom stereocenters. The van der Waals surface area contributed by atoms with Gasteiger partial charge in [0.05, 0.1) is 5.56 Å². The summed E-state index contributed by atoms with van der Waals surface area (Å²) in [5.41, 5.74) is 1.10. The van der Waals surface area contributed by atoms with Crippen LogP contribution in [-0.2, 0) is 0 Å². The van der Waals surface area contributed by atoms with Crippen LogP contribution in [-0.4, -0.2) is 0 Å². The Balaban J connectivity index is 2.62. The van der Waals surface area contributed by atoms with Crippen molar-refractivity contribution < 1.29 is 4.39 Å². The monoisotopic (exact) mass is 231 g/mol. The first-order chi connectivity index (χ1) is 7.72. The number of benzene rings is 2. The first-order valence-corrected chi connectivity index (χ1v) is 5.04. The third-order valence-corrected chi connectivity index (χ3v) is 2.49. The lowest BCUT2D eigenvalue weighted by atomic mass is 10.0. The van der Waals surface area contributed by atoms with Crippen LogP contribution < -0.4 is 0 Å². The maximum atomic E-state index is 13.8. The van der Waals surface area contributed by atoms with Gasteiger partial charge in [-0.1, -0.05) is 35.9 Å². The van der Waals surface area contributed by atoms with E-state index in [0.29, 0.717) is 16.1 Å². The third-order valence-electron chi connectivity index (χ3n) is 2.25. The number of rotatable bonds is 1. The van der Waals surface area contributed by atoms with E-state index in [-0.39, 0.29) is 5.56 Å². The summed E-state index contributed by atoms with van der Waals surface area (Å²) in [4.78, 5) is 0. The molecule has 2 aromatic rings. The molecule has 0 saturated carbocycles. The Kier molecular flexibility index (Phi) is 2.89. The maximum absolute atomic E-state index is 13.8. The molecule has 2 aromatic carbocycles. The largest absolute Gasteiger partial charge is 0.205 e. The Hall–Kier alpha value is -1.85. The van der Waals surface area contributed by atoms with Gasteiger partial charge in [-0.3, -0.25) is 0 Å². The highest BCUT2D eigenvalue weighted by molar-refractivity contribution is 6.30. The molecule has 0 N–H and O–H groups in total. The second-order valence-corrected chi connectivity index (χ2v) is 3.73. The molecule has 78 valence electrons. The standard InChI is InChI=1S/C13H7ClFN/c14-11-5-1-3-9(7-11)12-6-2-4-10(8-16)13(12)15/h1-7H. The van der Waals surface area contributed by atoms with E-state index >= 15 is 0 Å². The minimum atomic E-state index is -0.507. The van der Waals surface area contributed by atoms with Crippen molar-refractivity contribution in [3.05, 3.63) is 58.9 Å². The fourth-order valence-electron chi connectivity index (χ4n) is 1.50. The van der Waals surface area contributed by atoms with Crippen molar-refractivity contribution in [1.29, 1.82) is 5.26 Å². The molecule has 0 amide bonds. The van der Waals surface area contributed by atoms with Gasteiger partial charge in [0.15, 0.2) is 0 Å². The van der Waals surface area contributed by atoms with E-state index in [4.69, 9.17) is 16.9 Å². The summed E-state index contributed by atoms with van der Waals surface area (Å²) in [6, 6.07) is 13.4. The molecule has 3 heteroatoms. The van der Waals surface area contributed by atoms with Crippen molar-refractivity contribution in [2.24, 2.45) is 0 Å². The Bertz CT molecular complexity index is 572. The Morgan fingerprint density at radius 1 is 1.12 bits per heavy atom. The highest BCUT2D eigenvalue weighted by atomic mass is 35.5. The van der Waals surface area contributed by atoms with E-state index in [1.807, 2.05) is 6.07 Å². The van der Waals surface area contributed by atoms with Gasteiger partial charge in [0.2, 0.25) is 0 Å². The van der Waals surface area contributed by atoms with Crippen molar-refractivity contribution in [3.63, 3.8) is 0 Å². The van der Waals surface area contributed by atoms with Crippen molar-refractivity contribution in [2.45, 2.75) is 0 Å². The summed E-state index contributed by atoms with van der Waals surface area (Å²) in [7, 11) is 0. The fourth-order valence-corrected chi connectivity index (χ4v) is 1.69. The van der Waals surface area contributed by atoms with E-state index in [1.54, 1.807) is 36.4 Å². The lowest BCUT2D eigenvalue weighted by molar-refractivity contribution is 0.627. The normalized spacial score (nSPS) is 9.81. The van der Waals surface area contributed by atoms with Crippen LogP contribution >= 0.6 is 11.6 Å². The molecular weight excluding hydrogens is 225 g/mol. The molecule has 0 aliphatic carbocycles. The van der Waals surface area contributed by atoms with Crippen molar-refractivity contribution in [3.8, 4) is 17.2 Å². The Morgan fingerprint density at radius 2 is 1.88 bits per heavy atom. The van der Waals surface area contributed by atoms with Crippen LogP contribution in [0.15, 0.2) is 42.5 Å². The van der Waals surface area contributed by atoms with Crippen LogP contribution in [0, 0.1) is 17.1 Å². The Morgan fingerprint density at radius 3 is 2.56 bits per heavy atom. The van der Waals surface area contributed by atoms with Crippen LogP contribution in [0.4, 0.5) is 4.39 Å². The predicted octanol–water partition coefficient (Wildman–Crippen LogP) is 4.02. The van der Waals surface area contributed by atoms with Gasteiger partial charge >= 0.3 is 0 Å². The second-order valence-electron chi connectivity index (χ2n) is 3.29. The quantitative estimate of drug-likeness (QED) is 0.727. The maximum Gasteiger partial charge on any atom is 0.148 e. The van der Waals surface area contributed by atoms with E-state index in [2.05, 4.69) is 0 Å². The van der Waals surface area contributed by atoms with E-state index in [1.165, 1.54) is 6.07 Å². The van der Waals surface area contributed by atoms with Crippen LogP contribution in [0.3, 0.4) is 0 Å². The van der Waals surface area contributed by atoms with Gasteiger partial charge in [0, 0.05) is 10.6 Å². The summed E-state index contributed by atoms with van der Waals surface area (Å²) in [6.07, 6.45) is 0. The third kappa shape index (κ3) is 1.91. The number of hydrogen-bond acceptors (Lipinski definition) is 1. The SMILES string of the molecule is N#Cc1cccc(-c2cccc(Cl)c2)c1F. The molecule has 0 fully saturated rings. The van der Waals surface area contributed by atoms with Crippen molar-refractivity contribution in [2.75, 3.05) is 0 Å². The van der Waals surface area contributed by atoms with Crippen LogP contribution in [0.25, 0.3) is 11.1 Å². The zero-order valence-corrected chi connectivity index (χ0v) is 9.00. The topological polar surface area (TPSA) is 23.8 Å². The summed E-state index contributed by atoms with van der Waals surface area (Å²) < 4.78 is 13.8. The summed E-state index contributed by atoms with van der Waals surface area (Å²) in [6.45, 7) is 0. The van der Waals surface area contributed by atoms with Gasteiger partial charge in [0.1, 0.15) is 11.9 Å². The smallest absolute Gasteiger partial charge is 0.148 e. The lowest BCUT2D eigenvalue weighted by Crippen LogP contribution is -1.88. The zero-order chi connectivity index (χ0) is 11.5. The van der Waals surface area contributed by atoms with Gasteiger partial charge in [0.25, 0.3) is 0 Å². The number of nitriles is 1. The Labute approximate surface area is 97.7 Å². The molecule has 0 aliphatic heterocycles. The number of hydrogen-bond donors (Lipinski definition) is 0. The average Bonchev–Trinajstić information content (AvgIpc) is 2.29. The van der Waals surface area contributed by atoms with Gasteiger partial charge in [-0.05, 0) is 23.8 Å². The highest BCUT2D eigenvalue weighted by Gasteiger charge is 2.09. The van der Waals surface area contributed by atoms with Crippen LogP contribution in [0.5, 0.6) is 0 Å². The minimum absolute atomic E-state index is 0.0393. The predicted molar refractivity (Wildman–Crippen MR) is 61.6 cm³/mol. The molecule has 0 bridgehead atoms. The van der Waals surface area contributed by atoms with E-state index < -0.39 is 5.82 Å². The molecule has 0 radical (unpaired) electrons. The molecule has 0 spiro atoms. The molecule has 2 rings (SSSR count). The molecule has 0 saturated heterocycles. The summed E-state index contributed by atoms with van der Waals surface area (Å²) >= 11 is 5.83. The molecule has 0 heterocycles. The molecule has 0 aliphatic rings. The van der Waals surface area contributed by atoms with E-state index in [0.717, 1.165) is 0 Å². The zero-order valence-electron chi connectivity index (χ0n) is 8.24. The second kappa shape index (κ2) is 4.34. The van der Waals surface area contributed by atoms with E-state index in [9.17, 15) is 4.39 Å². The average molecular weight is 232 g/mol. The molecule has 1 nitrogen and oxygen atoms in total. The lowest BCUT2D eigenvalue weighted by Gasteiger charge is -2.04. The molecule has 0 unspecified atom stereocenters. The highest BCUT2D eigenvalue weighted by Crippen LogP contribution is 2.26. The van der Waals surface area contributed by atoms with Gasteiger partial charge in [-0.15, -0.1) is 0 Å². The van der Waals surface area contributed by atoms with Crippen molar-refractivity contribution in [1.82, 2.24) is 0 Å². The van der Waals surface area contributed by atoms with Crippen molar-refractivity contribution >= 4 is 11.6 Å². The number of halogens is 2. The summed E-state index contributed by atoms with van der Waals surface area (Å²) in [5, 5.41) is 9.27. The van der Waals surface area contributed by atoms with Crippen LogP contribution in [0.1, 0.15) is 5.56 Å². The van der Waals surface area contributed by atoms with Gasteiger partial charge in [-0.25, -0.2) is 4.39 Å². The van der Waals surface area contributed by atoms with Gasteiger partial charge < -0.3 is 0 Å². The molecule has 16 heavy (non-hydrogen) atoms. The fraction of sp³-hybridized carbons (Fsp3) is 0. The van der Waals surface area contributed by atoms with Gasteiger partial charge in [-0.2, -0.15) is 5.26 Å². The first kappa shape index (κ1) is 10.7.